The first-order valence-electron chi connectivity index (χ1n) is 10.5. The summed E-state index contributed by atoms with van der Waals surface area (Å²) in [5.74, 6) is -0.128. The molecule has 1 aromatic heterocycles. The van der Waals surface area contributed by atoms with Crippen molar-refractivity contribution in [1.82, 2.24) is 24.3 Å². The third kappa shape index (κ3) is 4.43. The average Bonchev–Trinajstić information content (AvgIpc) is 3.33. The lowest BCUT2D eigenvalue weighted by Gasteiger charge is -2.37. The molecule has 0 aliphatic carbocycles. The fraction of sp³-hybridized carbons (Fsp3) is 0.476. The van der Waals surface area contributed by atoms with Gasteiger partial charge in [-0.1, -0.05) is 0 Å². The van der Waals surface area contributed by atoms with E-state index in [-0.39, 0.29) is 29.0 Å². The number of amides is 2. The van der Waals surface area contributed by atoms with Crippen molar-refractivity contribution in [3.63, 3.8) is 0 Å². The van der Waals surface area contributed by atoms with E-state index in [0.717, 1.165) is 26.2 Å². The Morgan fingerprint density at radius 3 is 2.39 bits per heavy atom. The second kappa shape index (κ2) is 8.84. The predicted octanol–water partition coefficient (Wildman–Crippen LogP) is 1.41. The molecule has 1 aromatic carbocycles. The molecule has 0 N–H and O–H groups in total. The fourth-order valence-corrected chi connectivity index (χ4v) is 4.22. The SMILES string of the molecule is CN1CCN(C(=O)C2CCN(C(=O)c3ccc(-n4ccnc4)c([N+](=O)[O-])c3)CC2)CC1. The zero-order valence-electron chi connectivity index (χ0n) is 17.5. The van der Waals surface area contributed by atoms with E-state index >= 15 is 0 Å². The number of piperazine rings is 1. The van der Waals surface area contributed by atoms with Crippen molar-refractivity contribution in [3.8, 4) is 5.69 Å². The van der Waals surface area contributed by atoms with Crippen molar-refractivity contribution in [2.45, 2.75) is 12.8 Å². The van der Waals surface area contributed by atoms with Gasteiger partial charge < -0.3 is 19.3 Å². The van der Waals surface area contributed by atoms with Gasteiger partial charge in [0.15, 0.2) is 0 Å². The summed E-state index contributed by atoms with van der Waals surface area (Å²) in [5.41, 5.74) is 0.485. The van der Waals surface area contributed by atoms with Crippen molar-refractivity contribution < 1.29 is 14.5 Å². The lowest BCUT2D eigenvalue weighted by Crippen LogP contribution is -2.51. The van der Waals surface area contributed by atoms with Gasteiger partial charge in [0.05, 0.1) is 11.3 Å². The molecule has 2 amide bonds. The van der Waals surface area contributed by atoms with Crippen LogP contribution in [0.15, 0.2) is 36.9 Å². The van der Waals surface area contributed by atoms with E-state index in [0.29, 0.717) is 31.6 Å². The normalized spacial score (nSPS) is 18.2. The number of rotatable bonds is 4. The van der Waals surface area contributed by atoms with E-state index < -0.39 is 4.92 Å². The van der Waals surface area contributed by atoms with Crippen LogP contribution < -0.4 is 0 Å². The molecule has 0 bridgehead atoms. The van der Waals surface area contributed by atoms with E-state index in [9.17, 15) is 19.7 Å². The van der Waals surface area contributed by atoms with Gasteiger partial charge >= 0.3 is 0 Å². The maximum atomic E-state index is 13.0. The largest absolute Gasteiger partial charge is 0.340 e. The summed E-state index contributed by atoms with van der Waals surface area (Å²) in [7, 11) is 2.05. The molecular formula is C21H26N6O4. The molecule has 2 aromatic rings. The van der Waals surface area contributed by atoms with E-state index in [2.05, 4.69) is 16.9 Å². The number of imidazole rings is 1. The van der Waals surface area contributed by atoms with E-state index in [1.54, 1.807) is 27.8 Å². The number of hydrogen-bond donors (Lipinski definition) is 0. The monoisotopic (exact) mass is 426 g/mol. The summed E-state index contributed by atoms with van der Waals surface area (Å²) >= 11 is 0. The Labute approximate surface area is 180 Å². The first kappa shape index (κ1) is 21.0. The quantitative estimate of drug-likeness (QED) is 0.541. The van der Waals surface area contributed by atoms with Crippen LogP contribution in [0.3, 0.4) is 0 Å². The number of carbonyl (C=O) groups is 2. The minimum Gasteiger partial charge on any atom is -0.340 e. The van der Waals surface area contributed by atoms with Crippen LogP contribution in [-0.4, -0.2) is 87.3 Å². The highest BCUT2D eigenvalue weighted by atomic mass is 16.6. The van der Waals surface area contributed by atoms with Crippen LogP contribution in [-0.2, 0) is 4.79 Å². The minimum atomic E-state index is -0.493. The molecule has 4 rings (SSSR count). The molecule has 0 radical (unpaired) electrons. The number of likely N-dealkylation sites (tertiary alicyclic amines) is 1. The van der Waals surface area contributed by atoms with Crippen LogP contribution >= 0.6 is 0 Å². The Hall–Kier alpha value is -3.27. The number of nitro benzene ring substituents is 1. The number of nitrogens with zero attached hydrogens (tertiary/aromatic N) is 6. The van der Waals surface area contributed by atoms with Gasteiger partial charge in [0.25, 0.3) is 11.6 Å². The maximum absolute atomic E-state index is 13.0. The fourth-order valence-electron chi connectivity index (χ4n) is 4.22. The third-order valence-corrected chi connectivity index (χ3v) is 6.15. The molecular weight excluding hydrogens is 400 g/mol. The molecule has 0 saturated carbocycles. The van der Waals surface area contributed by atoms with Gasteiger partial charge in [-0.05, 0) is 32.0 Å². The van der Waals surface area contributed by atoms with E-state index in [1.807, 2.05) is 4.90 Å². The summed E-state index contributed by atoms with van der Waals surface area (Å²) in [4.78, 5) is 46.6. The van der Waals surface area contributed by atoms with Crippen LogP contribution in [0.2, 0.25) is 0 Å². The summed E-state index contributed by atoms with van der Waals surface area (Å²) in [6.07, 6.45) is 5.87. The highest BCUT2D eigenvalue weighted by Crippen LogP contribution is 2.27. The average molecular weight is 426 g/mol. The van der Waals surface area contributed by atoms with Crippen LogP contribution in [0.5, 0.6) is 0 Å². The van der Waals surface area contributed by atoms with E-state index in [4.69, 9.17) is 0 Å². The predicted molar refractivity (Wildman–Crippen MR) is 113 cm³/mol. The number of aromatic nitrogens is 2. The van der Waals surface area contributed by atoms with Crippen molar-refractivity contribution in [1.29, 1.82) is 0 Å². The molecule has 2 fully saturated rings. The molecule has 31 heavy (non-hydrogen) atoms. The smallest absolute Gasteiger partial charge is 0.294 e. The number of nitro groups is 1. The van der Waals surface area contributed by atoms with Crippen molar-refractivity contribution in [2.24, 2.45) is 5.92 Å². The number of likely N-dealkylation sites (N-methyl/N-ethyl adjacent to an activating group) is 1. The highest BCUT2D eigenvalue weighted by Gasteiger charge is 2.32. The molecule has 0 unspecified atom stereocenters. The van der Waals surface area contributed by atoms with Gasteiger partial charge in [0.2, 0.25) is 5.91 Å². The lowest BCUT2D eigenvalue weighted by molar-refractivity contribution is -0.384. The Bertz CT molecular complexity index is 960. The van der Waals surface area contributed by atoms with Gasteiger partial charge in [-0.2, -0.15) is 0 Å². The Morgan fingerprint density at radius 1 is 1.06 bits per heavy atom. The number of benzene rings is 1. The molecule has 10 nitrogen and oxygen atoms in total. The van der Waals surface area contributed by atoms with Gasteiger partial charge in [0, 0.05) is 69.2 Å². The Balaban J connectivity index is 1.41. The van der Waals surface area contributed by atoms with Crippen LogP contribution in [0.4, 0.5) is 5.69 Å². The molecule has 0 spiro atoms. The second-order valence-electron chi connectivity index (χ2n) is 8.13. The summed E-state index contributed by atoms with van der Waals surface area (Å²) in [6, 6.07) is 4.49. The van der Waals surface area contributed by atoms with Crippen molar-refractivity contribution in [3.05, 3.63) is 52.6 Å². The summed E-state index contributed by atoms with van der Waals surface area (Å²) in [5, 5.41) is 11.6. The molecule has 10 heteroatoms. The molecule has 2 aliphatic rings. The third-order valence-electron chi connectivity index (χ3n) is 6.15. The standard InChI is InChI=1S/C21H26N6O4/c1-23-10-12-25(13-11-23)20(28)16-4-7-24(8-5-16)21(29)17-2-3-18(19(14-17)27(30)31)26-9-6-22-15-26/h2-3,6,9,14-16H,4-5,7-8,10-13H2,1H3. The van der Waals surface area contributed by atoms with Gasteiger partial charge in [0.1, 0.15) is 5.69 Å². The van der Waals surface area contributed by atoms with Crippen LogP contribution in [0.25, 0.3) is 5.69 Å². The molecule has 0 atom stereocenters. The molecule has 2 aliphatic heterocycles. The van der Waals surface area contributed by atoms with Gasteiger partial charge in [-0.25, -0.2) is 4.98 Å². The Kier molecular flexibility index (Phi) is 5.99. The molecule has 164 valence electrons. The van der Waals surface area contributed by atoms with Crippen molar-refractivity contribution >= 4 is 17.5 Å². The summed E-state index contributed by atoms with van der Waals surface area (Å²) < 4.78 is 1.54. The number of hydrogen-bond acceptors (Lipinski definition) is 6. The van der Waals surface area contributed by atoms with E-state index in [1.165, 1.54) is 18.6 Å². The highest BCUT2D eigenvalue weighted by molar-refractivity contribution is 5.95. The zero-order chi connectivity index (χ0) is 22.0. The zero-order valence-corrected chi connectivity index (χ0v) is 17.5. The van der Waals surface area contributed by atoms with Crippen molar-refractivity contribution in [2.75, 3.05) is 46.3 Å². The number of piperidine rings is 1. The lowest BCUT2D eigenvalue weighted by atomic mass is 9.94. The van der Waals surface area contributed by atoms with Crippen LogP contribution in [0, 0.1) is 16.0 Å². The maximum Gasteiger partial charge on any atom is 0.294 e. The topological polar surface area (TPSA) is 105 Å². The number of carbonyl (C=O) groups excluding carboxylic acids is 2. The van der Waals surface area contributed by atoms with Gasteiger partial charge in [-0.3, -0.25) is 19.7 Å². The second-order valence-corrected chi connectivity index (χ2v) is 8.13. The summed E-state index contributed by atoms with van der Waals surface area (Å²) in [6.45, 7) is 4.22. The van der Waals surface area contributed by atoms with Gasteiger partial charge in [-0.15, -0.1) is 0 Å². The first-order chi connectivity index (χ1) is 14.9. The first-order valence-corrected chi connectivity index (χ1v) is 10.5. The Morgan fingerprint density at radius 2 is 1.77 bits per heavy atom. The van der Waals surface area contributed by atoms with Crippen LogP contribution in [0.1, 0.15) is 23.2 Å². The molecule has 3 heterocycles. The minimum absolute atomic E-state index is 0.0644. The molecule has 2 saturated heterocycles.